The molecule has 1 aliphatic heterocycles. The number of carbonyl (C=O) groups is 1. The van der Waals surface area contributed by atoms with Gasteiger partial charge < -0.3 is 15.5 Å². The first kappa shape index (κ1) is 12.3. The summed E-state index contributed by atoms with van der Waals surface area (Å²) in [5.41, 5.74) is -3.44. The molecule has 1 aliphatic carbocycles. The molecule has 0 aromatic heterocycles. The summed E-state index contributed by atoms with van der Waals surface area (Å²) in [7, 11) is 0. The van der Waals surface area contributed by atoms with Crippen molar-refractivity contribution in [2.75, 3.05) is 0 Å². The summed E-state index contributed by atoms with van der Waals surface area (Å²) in [6.07, 6.45) is 3.10. The number of thiocarbonyl (C=S) groups is 1. The fourth-order valence-electron chi connectivity index (χ4n) is 2.66. The highest BCUT2D eigenvalue weighted by Crippen LogP contribution is 2.48. The van der Waals surface area contributed by atoms with Crippen molar-refractivity contribution in [2.24, 2.45) is 0 Å². The zero-order valence-corrected chi connectivity index (χ0v) is 10.9. The molecule has 0 saturated carbocycles. The zero-order chi connectivity index (χ0) is 13.8. The van der Waals surface area contributed by atoms with E-state index in [1.807, 2.05) is 0 Å². The Kier molecular flexibility index (Phi) is 2.35. The Bertz CT molecular complexity index is 630. The minimum absolute atomic E-state index is 0.103. The molecule has 2 aliphatic rings. The number of aliphatic hydroxyl groups is 2. The molecule has 6 heteroatoms. The van der Waals surface area contributed by atoms with Gasteiger partial charge in [-0.3, -0.25) is 9.69 Å². The van der Waals surface area contributed by atoms with E-state index in [-0.39, 0.29) is 10.7 Å². The first-order chi connectivity index (χ1) is 8.96. The highest BCUT2D eigenvalue weighted by Gasteiger charge is 2.70. The standard InChI is InChI=1S/C13H12N2O3S/c1-2-7-15-11(19)14-12(17)9-6-4-3-5-8(9)10(16)13(12,15)18/h2-7,17-18H,1H3,(H,14,19). The molecular formula is C13H12N2O3S. The van der Waals surface area contributed by atoms with E-state index in [0.717, 1.165) is 0 Å². The van der Waals surface area contributed by atoms with Gasteiger partial charge in [0.05, 0.1) is 0 Å². The fraction of sp³-hybridized carbons (Fsp3) is 0.231. The van der Waals surface area contributed by atoms with Crippen LogP contribution in [-0.2, 0) is 5.72 Å². The SMILES string of the molecule is CC=CN1C(=S)NC2(O)c3ccccc3C(=O)C12O. The van der Waals surface area contributed by atoms with Crippen molar-refractivity contribution in [2.45, 2.75) is 18.4 Å². The van der Waals surface area contributed by atoms with Gasteiger partial charge in [0.2, 0.25) is 11.5 Å². The maximum Gasteiger partial charge on any atom is 0.262 e. The van der Waals surface area contributed by atoms with Crippen LogP contribution in [0.25, 0.3) is 0 Å². The lowest BCUT2D eigenvalue weighted by Gasteiger charge is -2.32. The molecule has 1 heterocycles. The first-order valence-electron chi connectivity index (χ1n) is 5.80. The number of benzene rings is 1. The van der Waals surface area contributed by atoms with Gasteiger partial charge in [0.25, 0.3) is 5.72 Å². The summed E-state index contributed by atoms with van der Waals surface area (Å²) in [6, 6.07) is 6.55. The van der Waals surface area contributed by atoms with Gasteiger partial charge in [-0.2, -0.15) is 0 Å². The third-order valence-corrected chi connectivity index (χ3v) is 3.83. The van der Waals surface area contributed by atoms with Crippen LogP contribution in [0.4, 0.5) is 0 Å². The van der Waals surface area contributed by atoms with E-state index < -0.39 is 17.2 Å². The van der Waals surface area contributed by atoms with Gasteiger partial charge in [-0.15, -0.1) is 0 Å². The lowest BCUT2D eigenvalue weighted by atomic mass is 10.00. The van der Waals surface area contributed by atoms with Gasteiger partial charge in [-0.25, -0.2) is 0 Å². The minimum atomic E-state index is -2.14. The Balaban J connectivity index is 2.28. The Morgan fingerprint density at radius 2 is 2.05 bits per heavy atom. The summed E-state index contributed by atoms with van der Waals surface area (Å²) < 4.78 is 0. The third-order valence-electron chi connectivity index (χ3n) is 3.54. The van der Waals surface area contributed by atoms with Crippen molar-refractivity contribution in [1.29, 1.82) is 0 Å². The highest BCUT2D eigenvalue weighted by atomic mass is 32.1. The summed E-state index contributed by atoms with van der Waals surface area (Å²) in [4.78, 5) is 13.6. The predicted molar refractivity (Wildman–Crippen MR) is 72.0 cm³/mol. The van der Waals surface area contributed by atoms with Crippen molar-refractivity contribution in [3.05, 3.63) is 47.7 Å². The number of rotatable bonds is 1. The molecule has 98 valence electrons. The predicted octanol–water partition coefficient (Wildman–Crippen LogP) is 0.440. The number of fused-ring (bicyclic) bond motifs is 3. The molecule has 3 N–H and O–H groups in total. The Morgan fingerprint density at radius 1 is 1.37 bits per heavy atom. The molecule has 1 aromatic rings. The van der Waals surface area contributed by atoms with Crippen LogP contribution >= 0.6 is 12.2 Å². The Morgan fingerprint density at radius 3 is 2.74 bits per heavy atom. The monoisotopic (exact) mass is 276 g/mol. The normalized spacial score (nSPS) is 32.7. The number of ketones is 1. The number of nitrogens with one attached hydrogen (secondary N) is 1. The molecule has 0 amide bonds. The molecule has 2 unspecified atom stereocenters. The molecule has 5 nitrogen and oxygen atoms in total. The molecule has 0 bridgehead atoms. The molecule has 1 saturated heterocycles. The molecule has 0 spiro atoms. The van der Waals surface area contributed by atoms with Gasteiger partial charge in [-0.1, -0.05) is 30.3 Å². The van der Waals surface area contributed by atoms with Crippen molar-refractivity contribution < 1.29 is 15.0 Å². The smallest absolute Gasteiger partial charge is 0.262 e. The van der Waals surface area contributed by atoms with Crippen LogP contribution in [0, 0.1) is 0 Å². The minimum Gasteiger partial charge on any atom is -0.363 e. The summed E-state index contributed by atoms with van der Waals surface area (Å²) >= 11 is 5.08. The van der Waals surface area contributed by atoms with Crippen LogP contribution in [0.2, 0.25) is 0 Å². The van der Waals surface area contributed by atoms with E-state index in [2.05, 4.69) is 5.32 Å². The fourth-order valence-corrected chi connectivity index (χ4v) is 3.00. The average molecular weight is 276 g/mol. The molecule has 3 rings (SSSR count). The maximum atomic E-state index is 12.5. The second kappa shape index (κ2) is 3.63. The third kappa shape index (κ3) is 1.21. The van der Waals surface area contributed by atoms with Gasteiger partial charge in [0.15, 0.2) is 5.11 Å². The summed E-state index contributed by atoms with van der Waals surface area (Å²) in [5, 5.41) is 24.2. The summed E-state index contributed by atoms with van der Waals surface area (Å²) in [5.74, 6) is -0.573. The van der Waals surface area contributed by atoms with Gasteiger partial charge in [-0.05, 0) is 19.1 Å². The van der Waals surface area contributed by atoms with E-state index in [9.17, 15) is 15.0 Å². The molecule has 1 fully saturated rings. The number of hydrogen-bond donors (Lipinski definition) is 3. The van der Waals surface area contributed by atoms with Gasteiger partial charge in [0.1, 0.15) is 0 Å². The average Bonchev–Trinajstić information content (AvgIpc) is 2.69. The topological polar surface area (TPSA) is 72.8 Å². The highest BCUT2D eigenvalue weighted by molar-refractivity contribution is 7.80. The second-order valence-electron chi connectivity index (χ2n) is 4.54. The van der Waals surface area contributed by atoms with E-state index in [4.69, 9.17) is 12.2 Å². The first-order valence-corrected chi connectivity index (χ1v) is 6.21. The van der Waals surface area contributed by atoms with Gasteiger partial charge in [0, 0.05) is 17.3 Å². The van der Waals surface area contributed by atoms with Crippen molar-refractivity contribution in [3.63, 3.8) is 0 Å². The number of allylic oxidation sites excluding steroid dienone is 1. The van der Waals surface area contributed by atoms with Crippen molar-refractivity contribution in [1.82, 2.24) is 10.2 Å². The lowest BCUT2D eigenvalue weighted by Crippen LogP contribution is -2.58. The van der Waals surface area contributed by atoms with E-state index in [1.165, 1.54) is 11.1 Å². The second-order valence-corrected chi connectivity index (χ2v) is 4.93. The molecule has 2 atom stereocenters. The molecular weight excluding hydrogens is 264 g/mol. The number of Topliss-reactive ketones (excluding diaryl/α,β-unsaturated/α-hetero) is 1. The Hall–Kier alpha value is -1.76. The van der Waals surface area contributed by atoms with Crippen LogP contribution in [0.5, 0.6) is 0 Å². The van der Waals surface area contributed by atoms with Crippen LogP contribution in [0.3, 0.4) is 0 Å². The zero-order valence-electron chi connectivity index (χ0n) is 10.1. The quantitative estimate of drug-likeness (QED) is 0.647. The lowest BCUT2D eigenvalue weighted by molar-refractivity contribution is -0.153. The molecule has 0 radical (unpaired) electrons. The number of carbonyl (C=O) groups excluding carboxylic acids is 1. The van der Waals surface area contributed by atoms with E-state index >= 15 is 0 Å². The van der Waals surface area contributed by atoms with Crippen LogP contribution < -0.4 is 5.32 Å². The van der Waals surface area contributed by atoms with Crippen LogP contribution in [0.15, 0.2) is 36.5 Å². The van der Waals surface area contributed by atoms with E-state index in [1.54, 1.807) is 37.3 Å². The van der Waals surface area contributed by atoms with Gasteiger partial charge >= 0.3 is 0 Å². The maximum absolute atomic E-state index is 12.5. The molecule has 1 aromatic carbocycles. The summed E-state index contributed by atoms with van der Waals surface area (Å²) in [6.45, 7) is 1.73. The van der Waals surface area contributed by atoms with E-state index in [0.29, 0.717) is 5.56 Å². The van der Waals surface area contributed by atoms with Crippen molar-refractivity contribution >= 4 is 23.1 Å². The number of hydrogen-bond acceptors (Lipinski definition) is 4. The number of nitrogens with zero attached hydrogens (tertiary/aromatic N) is 1. The Labute approximate surface area is 115 Å². The molecule has 19 heavy (non-hydrogen) atoms. The largest absolute Gasteiger partial charge is 0.363 e. The van der Waals surface area contributed by atoms with Crippen LogP contribution in [0.1, 0.15) is 22.8 Å². The van der Waals surface area contributed by atoms with Crippen molar-refractivity contribution in [3.8, 4) is 0 Å². The van der Waals surface area contributed by atoms with Crippen LogP contribution in [-0.4, -0.2) is 31.7 Å².